The van der Waals surface area contributed by atoms with Crippen molar-refractivity contribution >= 4 is 33.3 Å². The Hall–Kier alpha value is -2.74. The molecule has 0 fully saturated rings. The zero-order valence-electron chi connectivity index (χ0n) is 22.8. The highest BCUT2D eigenvalue weighted by atomic mass is 32.2. The maximum absolute atomic E-state index is 13.8. The largest absolute Gasteiger partial charge is 0.330 e. The Bertz CT molecular complexity index is 1350. The zero-order chi connectivity index (χ0) is 27.3. The highest BCUT2D eigenvalue weighted by Crippen LogP contribution is 2.38. The minimum absolute atomic E-state index is 0.0373. The summed E-state index contributed by atoms with van der Waals surface area (Å²) in [6.07, 6.45) is 3.91. The van der Waals surface area contributed by atoms with E-state index in [1.54, 1.807) is 17.4 Å². The van der Waals surface area contributed by atoms with E-state index in [-0.39, 0.29) is 23.9 Å². The standard InChI is InChI=1S/C31H38N2O3S2/c1-5-6-19-32(38(35,36)22-18-24-10-8-7-9-11-24)23-29(34)33-20-16-28-27(17-21-37-28)30(33)25-12-14-26(15-13-25)31(2,3)4/h7-15,17-18,21-22,30H,5-6,16,19-20,23H2,1-4H3/b22-18+. The summed E-state index contributed by atoms with van der Waals surface area (Å²) >= 11 is 1.73. The third-order valence-corrected chi connectivity index (χ3v) is 9.55. The number of hydrogen-bond acceptors (Lipinski definition) is 4. The van der Waals surface area contributed by atoms with Gasteiger partial charge in [0.2, 0.25) is 15.9 Å². The number of thiophene rings is 1. The Morgan fingerprint density at radius 1 is 1.08 bits per heavy atom. The number of sulfonamides is 1. The molecule has 0 bridgehead atoms. The normalized spacial score (nSPS) is 16.2. The number of fused-ring (bicyclic) bond motifs is 1. The predicted octanol–water partition coefficient (Wildman–Crippen LogP) is 6.62. The van der Waals surface area contributed by atoms with Crippen molar-refractivity contribution in [2.24, 2.45) is 0 Å². The molecule has 0 spiro atoms. The van der Waals surface area contributed by atoms with E-state index in [0.717, 1.165) is 29.5 Å². The molecule has 1 atom stereocenters. The Labute approximate surface area is 231 Å². The van der Waals surface area contributed by atoms with Gasteiger partial charge in [-0.2, -0.15) is 4.31 Å². The molecule has 0 saturated heterocycles. The fourth-order valence-electron chi connectivity index (χ4n) is 4.80. The van der Waals surface area contributed by atoms with Crippen molar-refractivity contribution in [2.75, 3.05) is 19.6 Å². The Kier molecular flexibility index (Phi) is 8.91. The van der Waals surface area contributed by atoms with E-state index in [2.05, 4.69) is 56.5 Å². The first-order valence-corrected chi connectivity index (χ1v) is 15.7. The molecule has 0 radical (unpaired) electrons. The van der Waals surface area contributed by atoms with Gasteiger partial charge in [-0.3, -0.25) is 4.79 Å². The summed E-state index contributed by atoms with van der Waals surface area (Å²) in [5, 5.41) is 3.31. The molecule has 0 aliphatic carbocycles. The van der Waals surface area contributed by atoms with Gasteiger partial charge in [0.25, 0.3) is 0 Å². The molecule has 1 aliphatic heterocycles. The minimum Gasteiger partial charge on any atom is -0.330 e. The van der Waals surface area contributed by atoms with Crippen LogP contribution in [0.25, 0.3) is 6.08 Å². The summed E-state index contributed by atoms with van der Waals surface area (Å²) in [6, 6.07) is 19.8. The van der Waals surface area contributed by atoms with Crippen molar-refractivity contribution < 1.29 is 13.2 Å². The molecule has 4 rings (SSSR count). The van der Waals surface area contributed by atoms with Gasteiger partial charge in [-0.25, -0.2) is 8.42 Å². The number of hydrogen-bond donors (Lipinski definition) is 0. The van der Waals surface area contributed by atoms with Crippen LogP contribution in [0.3, 0.4) is 0 Å². The number of unbranched alkanes of at least 4 members (excludes halogenated alkanes) is 1. The van der Waals surface area contributed by atoms with Crippen LogP contribution < -0.4 is 0 Å². The molecule has 2 heterocycles. The summed E-state index contributed by atoms with van der Waals surface area (Å²) in [5.74, 6) is -0.167. The fourth-order valence-corrected chi connectivity index (χ4v) is 6.88. The summed E-state index contributed by atoms with van der Waals surface area (Å²) in [4.78, 5) is 17.0. The SMILES string of the molecule is CCCCN(CC(=O)N1CCc2sccc2C1c1ccc(C(C)(C)C)cc1)S(=O)(=O)/C=C/c1ccccc1. The molecule has 202 valence electrons. The molecule has 7 heteroatoms. The number of rotatable bonds is 9. The highest BCUT2D eigenvalue weighted by Gasteiger charge is 2.35. The van der Waals surface area contributed by atoms with E-state index < -0.39 is 10.0 Å². The Balaban J connectivity index is 1.61. The molecular formula is C31H38N2O3S2. The fraction of sp³-hybridized carbons (Fsp3) is 0.387. The number of nitrogens with zero attached hydrogens (tertiary/aromatic N) is 2. The molecule has 1 aromatic heterocycles. The van der Waals surface area contributed by atoms with Gasteiger partial charge in [0.15, 0.2) is 0 Å². The third kappa shape index (κ3) is 6.63. The lowest BCUT2D eigenvalue weighted by molar-refractivity contribution is -0.133. The van der Waals surface area contributed by atoms with E-state index in [4.69, 9.17) is 0 Å². The smallest absolute Gasteiger partial charge is 0.238 e. The topological polar surface area (TPSA) is 57.7 Å². The first-order chi connectivity index (χ1) is 18.1. The first-order valence-electron chi connectivity index (χ1n) is 13.3. The van der Waals surface area contributed by atoms with Crippen molar-refractivity contribution in [3.8, 4) is 0 Å². The van der Waals surface area contributed by atoms with Crippen LogP contribution in [0.5, 0.6) is 0 Å². The number of carbonyl (C=O) groups excluding carboxylic acids is 1. The molecule has 3 aromatic rings. The van der Waals surface area contributed by atoms with E-state index in [0.29, 0.717) is 19.5 Å². The van der Waals surface area contributed by atoms with Crippen LogP contribution in [0.2, 0.25) is 0 Å². The minimum atomic E-state index is -3.77. The lowest BCUT2D eigenvalue weighted by atomic mass is 9.85. The van der Waals surface area contributed by atoms with Crippen LogP contribution in [-0.2, 0) is 26.7 Å². The molecule has 1 unspecified atom stereocenters. The van der Waals surface area contributed by atoms with Gasteiger partial charge in [0.1, 0.15) is 0 Å². The first kappa shape index (κ1) is 28.3. The lowest BCUT2D eigenvalue weighted by Crippen LogP contribution is -2.46. The predicted molar refractivity (Wildman–Crippen MR) is 158 cm³/mol. The van der Waals surface area contributed by atoms with Gasteiger partial charge in [0.05, 0.1) is 12.6 Å². The number of benzene rings is 2. The average Bonchev–Trinajstić information content (AvgIpc) is 3.38. The van der Waals surface area contributed by atoms with Crippen molar-refractivity contribution in [1.82, 2.24) is 9.21 Å². The quantitative estimate of drug-likeness (QED) is 0.301. The van der Waals surface area contributed by atoms with Crippen molar-refractivity contribution in [2.45, 2.75) is 58.4 Å². The Morgan fingerprint density at radius 3 is 2.45 bits per heavy atom. The van der Waals surface area contributed by atoms with E-state index in [1.807, 2.05) is 42.2 Å². The van der Waals surface area contributed by atoms with E-state index in [9.17, 15) is 13.2 Å². The van der Waals surface area contributed by atoms with Crippen LogP contribution in [0, 0.1) is 0 Å². The highest BCUT2D eigenvalue weighted by molar-refractivity contribution is 7.92. The second-order valence-corrected chi connectivity index (χ2v) is 13.7. The molecule has 38 heavy (non-hydrogen) atoms. The lowest BCUT2D eigenvalue weighted by Gasteiger charge is -2.37. The van der Waals surface area contributed by atoms with Gasteiger partial charge in [-0.1, -0.05) is 88.7 Å². The number of amides is 1. The monoisotopic (exact) mass is 550 g/mol. The van der Waals surface area contributed by atoms with Gasteiger partial charge in [-0.15, -0.1) is 11.3 Å². The van der Waals surface area contributed by atoms with Gasteiger partial charge in [0, 0.05) is 23.4 Å². The van der Waals surface area contributed by atoms with Crippen LogP contribution in [0.15, 0.2) is 71.5 Å². The average molecular weight is 551 g/mol. The summed E-state index contributed by atoms with van der Waals surface area (Å²) < 4.78 is 28.0. The maximum atomic E-state index is 13.8. The second-order valence-electron chi connectivity index (χ2n) is 10.9. The van der Waals surface area contributed by atoms with E-state index >= 15 is 0 Å². The number of carbonyl (C=O) groups is 1. The Morgan fingerprint density at radius 2 is 1.79 bits per heavy atom. The van der Waals surface area contributed by atoms with Gasteiger partial charge >= 0.3 is 0 Å². The molecule has 0 saturated carbocycles. The molecular weight excluding hydrogens is 512 g/mol. The molecule has 2 aromatic carbocycles. The van der Waals surface area contributed by atoms with Crippen LogP contribution in [0.4, 0.5) is 0 Å². The van der Waals surface area contributed by atoms with Crippen LogP contribution in [-0.4, -0.2) is 43.2 Å². The molecule has 5 nitrogen and oxygen atoms in total. The van der Waals surface area contributed by atoms with Gasteiger partial charge in [-0.05, 0) is 58.0 Å². The van der Waals surface area contributed by atoms with Crippen molar-refractivity contribution in [3.63, 3.8) is 0 Å². The zero-order valence-corrected chi connectivity index (χ0v) is 24.4. The summed E-state index contributed by atoms with van der Waals surface area (Å²) in [6.45, 7) is 9.29. The van der Waals surface area contributed by atoms with Crippen molar-refractivity contribution in [1.29, 1.82) is 0 Å². The second kappa shape index (κ2) is 12.0. The van der Waals surface area contributed by atoms with Crippen molar-refractivity contribution in [3.05, 3.63) is 98.6 Å². The molecule has 1 aliphatic rings. The molecule has 0 N–H and O–H groups in total. The summed E-state index contributed by atoms with van der Waals surface area (Å²) in [7, 11) is -3.77. The van der Waals surface area contributed by atoms with Crippen LogP contribution >= 0.6 is 11.3 Å². The molecule has 1 amide bonds. The van der Waals surface area contributed by atoms with E-state index in [1.165, 1.54) is 20.2 Å². The summed E-state index contributed by atoms with van der Waals surface area (Å²) in [5.41, 5.74) is 4.28. The maximum Gasteiger partial charge on any atom is 0.238 e. The third-order valence-electron chi connectivity index (χ3n) is 7.04. The van der Waals surface area contributed by atoms with Gasteiger partial charge < -0.3 is 4.90 Å². The van der Waals surface area contributed by atoms with Crippen LogP contribution in [0.1, 0.15) is 73.7 Å².